The summed E-state index contributed by atoms with van der Waals surface area (Å²) in [4.78, 5) is 24.0. The summed E-state index contributed by atoms with van der Waals surface area (Å²) < 4.78 is 15.0. The quantitative estimate of drug-likeness (QED) is 0.666. The Morgan fingerprint density at radius 1 is 0.963 bits per heavy atom. The van der Waals surface area contributed by atoms with Gasteiger partial charge in [0, 0.05) is 13.1 Å². The minimum Gasteiger partial charge on any atom is -0.350 e. The number of carbonyl (C=O) groups is 2. The summed E-state index contributed by atoms with van der Waals surface area (Å²) in [6.45, 7) is 0.923. The van der Waals surface area contributed by atoms with Crippen LogP contribution in [0.5, 0.6) is 0 Å². The molecule has 0 atom stereocenters. The molecule has 0 saturated carbocycles. The van der Waals surface area contributed by atoms with Crippen molar-refractivity contribution in [3.8, 4) is 0 Å². The van der Waals surface area contributed by atoms with Gasteiger partial charge in [0.1, 0.15) is 5.82 Å². The highest BCUT2D eigenvalue weighted by Gasteiger charge is 2.12. The number of aromatic nitrogens is 3. The lowest BCUT2D eigenvalue weighted by molar-refractivity contribution is 0.0937. The molecule has 0 saturated heterocycles. The second-order valence-electron chi connectivity index (χ2n) is 5.77. The van der Waals surface area contributed by atoms with E-state index < -0.39 is 11.7 Å². The van der Waals surface area contributed by atoms with E-state index in [0.717, 1.165) is 5.56 Å². The summed E-state index contributed by atoms with van der Waals surface area (Å²) in [5, 5.41) is 13.1. The van der Waals surface area contributed by atoms with E-state index in [1.165, 1.54) is 29.1 Å². The topological polar surface area (TPSA) is 88.9 Å². The normalized spacial score (nSPS) is 10.4. The minimum atomic E-state index is -0.576. The maximum Gasteiger partial charge on any atom is 0.273 e. The Hall–Kier alpha value is -3.55. The number of nitrogens with zero attached hydrogens (tertiary/aromatic N) is 3. The van der Waals surface area contributed by atoms with E-state index in [1.54, 1.807) is 6.07 Å². The fourth-order valence-electron chi connectivity index (χ4n) is 2.41. The molecule has 3 aromatic rings. The van der Waals surface area contributed by atoms with E-state index in [-0.39, 0.29) is 23.7 Å². The van der Waals surface area contributed by atoms with Crippen LogP contribution in [0.15, 0.2) is 60.8 Å². The monoisotopic (exact) mass is 367 g/mol. The van der Waals surface area contributed by atoms with Crippen LogP contribution in [0.25, 0.3) is 0 Å². The van der Waals surface area contributed by atoms with Crippen LogP contribution < -0.4 is 10.6 Å². The average Bonchev–Trinajstić information content (AvgIpc) is 3.16. The van der Waals surface area contributed by atoms with Crippen LogP contribution in [0.1, 0.15) is 26.4 Å². The van der Waals surface area contributed by atoms with Crippen molar-refractivity contribution in [2.45, 2.75) is 13.1 Å². The SMILES string of the molecule is O=C(NCc1ccccc1)c1cn(CCNC(=O)c2ccccc2F)nn1. The zero-order valence-electron chi connectivity index (χ0n) is 14.4. The second-order valence-corrected chi connectivity index (χ2v) is 5.77. The van der Waals surface area contributed by atoms with E-state index in [1.807, 2.05) is 30.3 Å². The Morgan fingerprint density at radius 2 is 1.70 bits per heavy atom. The first-order valence-corrected chi connectivity index (χ1v) is 8.38. The number of nitrogens with one attached hydrogen (secondary N) is 2. The van der Waals surface area contributed by atoms with Crippen LogP contribution in [0.3, 0.4) is 0 Å². The number of benzene rings is 2. The van der Waals surface area contributed by atoms with Crippen LogP contribution in [0, 0.1) is 5.82 Å². The molecule has 2 aromatic carbocycles. The summed E-state index contributed by atoms with van der Waals surface area (Å²) in [6, 6.07) is 15.3. The standard InChI is InChI=1S/C19H18FN5O2/c20-16-9-5-4-8-15(16)18(26)21-10-11-25-13-17(23-24-25)19(27)22-12-14-6-2-1-3-7-14/h1-9,13H,10-12H2,(H,21,26)(H,22,27). The summed E-state index contributed by atoms with van der Waals surface area (Å²) in [7, 11) is 0. The van der Waals surface area contributed by atoms with E-state index in [4.69, 9.17) is 0 Å². The third-order valence-electron chi connectivity index (χ3n) is 3.81. The Bertz CT molecular complexity index is 927. The first-order valence-electron chi connectivity index (χ1n) is 8.38. The van der Waals surface area contributed by atoms with Crippen LogP contribution in [0.4, 0.5) is 4.39 Å². The first kappa shape index (κ1) is 18.2. The smallest absolute Gasteiger partial charge is 0.273 e. The van der Waals surface area contributed by atoms with Gasteiger partial charge in [0.15, 0.2) is 5.69 Å². The van der Waals surface area contributed by atoms with Crippen molar-refractivity contribution < 1.29 is 14.0 Å². The van der Waals surface area contributed by atoms with Gasteiger partial charge in [0.25, 0.3) is 11.8 Å². The molecule has 2 amide bonds. The molecular formula is C19H18FN5O2. The lowest BCUT2D eigenvalue weighted by atomic mass is 10.2. The van der Waals surface area contributed by atoms with Gasteiger partial charge in [-0.05, 0) is 17.7 Å². The number of halogens is 1. The maximum absolute atomic E-state index is 13.5. The number of hydrogen-bond donors (Lipinski definition) is 2. The van der Waals surface area contributed by atoms with Crippen molar-refractivity contribution in [1.29, 1.82) is 0 Å². The highest BCUT2D eigenvalue weighted by molar-refractivity contribution is 5.94. The molecule has 3 rings (SSSR count). The molecule has 1 aromatic heterocycles. The second kappa shape index (κ2) is 8.70. The summed E-state index contributed by atoms with van der Waals surface area (Å²) in [5.74, 6) is -1.41. The average molecular weight is 367 g/mol. The summed E-state index contributed by atoms with van der Waals surface area (Å²) in [5.41, 5.74) is 1.15. The van der Waals surface area contributed by atoms with Gasteiger partial charge in [0.05, 0.1) is 18.3 Å². The van der Waals surface area contributed by atoms with Crippen LogP contribution in [-0.4, -0.2) is 33.4 Å². The van der Waals surface area contributed by atoms with Gasteiger partial charge in [-0.1, -0.05) is 47.7 Å². The van der Waals surface area contributed by atoms with Gasteiger partial charge in [-0.2, -0.15) is 0 Å². The van der Waals surface area contributed by atoms with Crippen LogP contribution in [-0.2, 0) is 13.1 Å². The molecule has 0 aliphatic heterocycles. The molecule has 0 aliphatic rings. The van der Waals surface area contributed by atoms with E-state index in [2.05, 4.69) is 20.9 Å². The predicted molar refractivity (Wildman–Crippen MR) is 96.4 cm³/mol. The predicted octanol–water partition coefficient (Wildman–Crippen LogP) is 1.78. The molecule has 8 heteroatoms. The zero-order chi connectivity index (χ0) is 19.1. The van der Waals surface area contributed by atoms with Crippen LogP contribution in [0.2, 0.25) is 0 Å². The number of hydrogen-bond acceptors (Lipinski definition) is 4. The van der Waals surface area contributed by atoms with E-state index >= 15 is 0 Å². The number of rotatable bonds is 7. The number of carbonyl (C=O) groups excluding carboxylic acids is 2. The van der Waals surface area contributed by atoms with Crippen molar-refractivity contribution >= 4 is 11.8 Å². The van der Waals surface area contributed by atoms with Crippen molar-refractivity contribution in [2.24, 2.45) is 0 Å². The van der Waals surface area contributed by atoms with Gasteiger partial charge in [-0.3, -0.25) is 9.59 Å². The molecule has 0 bridgehead atoms. The largest absolute Gasteiger partial charge is 0.350 e. The Balaban J connectivity index is 1.47. The van der Waals surface area contributed by atoms with Gasteiger partial charge >= 0.3 is 0 Å². The maximum atomic E-state index is 13.5. The molecule has 0 radical (unpaired) electrons. The zero-order valence-corrected chi connectivity index (χ0v) is 14.4. The van der Waals surface area contributed by atoms with E-state index in [0.29, 0.717) is 13.1 Å². The van der Waals surface area contributed by atoms with Crippen molar-refractivity contribution in [2.75, 3.05) is 6.54 Å². The van der Waals surface area contributed by atoms with Gasteiger partial charge in [-0.15, -0.1) is 5.10 Å². The lowest BCUT2D eigenvalue weighted by Crippen LogP contribution is -2.28. The Labute approximate surface area is 155 Å². The molecule has 1 heterocycles. The molecule has 0 aliphatic carbocycles. The van der Waals surface area contributed by atoms with Gasteiger partial charge in [-0.25, -0.2) is 9.07 Å². The number of amides is 2. The highest BCUT2D eigenvalue weighted by atomic mass is 19.1. The van der Waals surface area contributed by atoms with Gasteiger partial charge in [0.2, 0.25) is 0 Å². The highest BCUT2D eigenvalue weighted by Crippen LogP contribution is 2.05. The fraction of sp³-hybridized carbons (Fsp3) is 0.158. The van der Waals surface area contributed by atoms with Crippen molar-refractivity contribution in [1.82, 2.24) is 25.6 Å². The fourth-order valence-corrected chi connectivity index (χ4v) is 2.41. The third kappa shape index (κ3) is 4.97. The van der Waals surface area contributed by atoms with Crippen molar-refractivity contribution in [3.63, 3.8) is 0 Å². The summed E-state index contributed by atoms with van der Waals surface area (Å²) >= 11 is 0. The molecule has 0 unspecified atom stereocenters. The molecule has 138 valence electrons. The molecule has 7 nitrogen and oxygen atoms in total. The molecule has 27 heavy (non-hydrogen) atoms. The Kier molecular flexibility index (Phi) is 5.88. The van der Waals surface area contributed by atoms with Crippen molar-refractivity contribution in [3.05, 3.63) is 83.4 Å². The molecule has 0 spiro atoms. The van der Waals surface area contributed by atoms with Gasteiger partial charge < -0.3 is 10.6 Å². The van der Waals surface area contributed by atoms with Crippen LogP contribution >= 0.6 is 0 Å². The third-order valence-corrected chi connectivity index (χ3v) is 3.81. The minimum absolute atomic E-state index is 0.0166. The first-order chi connectivity index (χ1) is 13.1. The summed E-state index contributed by atoms with van der Waals surface area (Å²) in [6.07, 6.45) is 1.50. The molecule has 0 fully saturated rings. The van der Waals surface area contributed by atoms with E-state index in [9.17, 15) is 14.0 Å². The Morgan fingerprint density at radius 3 is 2.48 bits per heavy atom. The lowest BCUT2D eigenvalue weighted by Gasteiger charge is -2.05. The molecular weight excluding hydrogens is 349 g/mol. The molecule has 2 N–H and O–H groups in total.